The average Bonchev–Trinajstić information content (AvgIpc) is 3.04. The maximum atomic E-state index is 12.7. The highest BCUT2D eigenvalue weighted by Crippen LogP contribution is 2.30. The predicted octanol–water partition coefficient (Wildman–Crippen LogP) is 2.05. The van der Waals surface area contributed by atoms with Crippen LogP contribution in [0.25, 0.3) is 0 Å². The molecule has 1 aliphatic rings. The fourth-order valence-corrected chi connectivity index (χ4v) is 3.18. The Labute approximate surface area is 142 Å². The Bertz CT molecular complexity index is 671. The minimum Gasteiger partial charge on any atom is -0.484 e. The number of aromatic nitrogens is 2. The van der Waals surface area contributed by atoms with E-state index in [4.69, 9.17) is 9.47 Å². The molecule has 1 aliphatic heterocycles. The van der Waals surface area contributed by atoms with Crippen LogP contribution < -0.4 is 4.74 Å². The summed E-state index contributed by atoms with van der Waals surface area (Å²) in [6.07, 6.45) is 2.72. The minimum absolute atomic E-state index is 0.0276. The normalized spacial score (nSPS) is 16.8. The molecule has 1 aromatic heterocycles. The van der Waals surface area contributed by atoms with Gasteiger partial charge in [-0.05, 0) is 31.0 Å². The second kappa shape index (κ2) is 7.49. The first-order valence-corrected chi connectivity index (χ1v) is 8.25. The smallest absolute Gasteiger partial charge is 0.261 e. The lowest BCUT2D eigenvalue weighted by Crippen LogP contribution is -2.44. The molecule has 0 spiro atoms. The quantitative estimate of drug-likeness (QED) is 0.814. The van der Waals surface area contributed by atoms with Crippen molar-refractivity contribution < 1.29 is 14.3 Å². The molecule has 0 saturated carbocycles. The van der Waals surface area contributed by atoms with E-state index in [1.165, 1.54) is 5.56 Å². The molecule has 0 bridgehead atoms. The van der Waals surface area contributed by atoms with Crippen molar-refractivity contribution in [2.45, 2.75) is 25.9 Å². The van der Waals surface area contributed by atoms with E-state index in [0.717, 1.165) is 18.7 Å². The first kappa shape index (κ1) is 16.5. The van der Waals surface area contributed by atoms with Gasteiger partial charge in [-0.25, -0.2) is 0 Å². The number of hydrogen-bond donors (Lipinski definition) is 0. The summed E-state index contributed by atoms with van der Waals surface area (Å²) in [5.74, 6) is 0.667. The lowest BCUT2D eigenvalue weighted by molar-refractivity contribution is -0.137. The second-order valence-electron chi connectivity index (χ2n) is 5.78. The lowest BCUT2D eigenvalue weighted by atomic mass is 10.00. The number of benzene rings is 1. The number of rotatable bonds is 6. The zero-order valence-corrected chi connectivity index (χ0v) is 14.1. The number of fused-ring (bicyclic) bond motifs is 1. The molecule has 0 radical (unpaired) electrons. The maximum Gasteiger partial charge on any atom is 0.261 e. The molecule has 3 rings (SSSR count). The Morgan fingerprint density at radius 1 is 1.33 bits per heavy atom. The van der Waals surface area contributed by atoms with Gasteiger partial charge in [0.1, 0.15) is 5.75 Å². The van der Waals surface area contributed by atoms with Crippen molar-refractivity contribution in [3.63, 3.8) is 0 Å². The molecular formula is C18H23N3O3. The van der Waals surface area contributed by atoms with E-state index in [-0.39, 0.29) is 18.6 Å². The molecule has 1 aromatic carbocycles. The average molecular weight is 329 g/mol. The topological polar surface area (TPSA) is 56.6 Å². The van der Waals surface area contributed by atoms with Crippen molar-refractivity contribution in [3.8, 4) is 5.75 Å². The number of hydrogen-bond acceptors (Lipinski definition) is 4. The lowest BCUT2D eigenvalue weighted by Gasteiger charge is -2.36. The number of para-hydroxylation sites is 1. The zero-order chi connectivity index (χ0) is 16.9. The van der Waals surface area contributed by atoms with Gasteiger partial charge in [-0.2, -0.15) is 5.10 Å². The molecule has 0 saturated heterocycles. The summed E-state index contributed by atoms with van der Waals surface area (Å²) >= 11 is 0. The van der Waals surface area contributed by atoms with E-state index < -0.39 is 0 Å². The van der Waals surface area contributed by atoms with Gasteiger partial charge in [-0.15, -0.1) is 0 Å². The first-order valence-electron chi connectivity index (χ1n) is 8.25. The third kappa shape index (κ3) is 3.28. The van der Waals surface area contributed by atoms with Gasteiger partial charge in [0.15, 0.2) is 6.61 Å². The number of ether oxygens (including phenoxy) is 2. The van der Waals surface area contributed by atoms with Crippen molar-refractivity contribution in [2.24, 2.45) is 0 Å². The molecule has 0 unspecified atom stereocenters. The highest BCUT2D eigenvalue weighted by molar-refractivity contribution is 5.78. The molecule has 0 aliphatic carbocycles. The number of nitrogens with zero attached hydrogens (tertiary/aromatic N) is 3. The van der Waals surface area contributed by atoms with Crippen LogP contribution in [0.15, 0.2) is 36.5 Å². The second-order valence-corrected chi connectivity index (χ2v) is 5.78. The summed E-state index contributed by atoms with van der Waals surface area (Å²) in [7, 11) is 1.66. The fraction of sp³-hybridized carbons (Fsp3) is 0.444. The first-order chi connectivity index (χ1) is 11.7. The van der Waals surface area contributed by atoms with E-state index in [2.05, 4.69) is 12.0 Å². The summed E-state index contributed by atoms with van der Waals surface area (Å²) in [5, 5.41) is 4.43. The maximum absolute atomic E-state index is 12.7. The monoisotopic (exact) mass is 329 g/mol. The van der Waals surface area contributed by atoms with E-state index in [1.807, 2.05) is 46.1 Å². The molecule has 1 atom stereocenters. The summed E-state index contributed by atoms with van der Waals surface area (Å²) in [4.78, 5) is 14.6. The van der Waals surface area contributed by atoms with Gasteiger partial charge < -0.3 is 14.4 Å². The number of carbonyl (C=O) groups is 1. The fourth-order valence-electron chi connectivity index (χ4n) is 3.18. The molecule has 2 heterocycles. The van der Waals surface area contributed by atoms with E-state index in [9.17, 15) is 4.79 Å². The molecule has 1 amide bonds. The number of methoxy groups -OCH3 is 1. The van der Waals surface area contributed by atoms with Crippen LogP contribution in [0.3, 0.4) is 0 Å². The summed E-state index contributed by atoms with van der Waals surface area (Å²) < 4.78 is 12.9. The van der Waals surface area contributed by atoms with Crippen LogP contribution in [0.2, 0.25) is 0 Å². The molecular weight excluding hydrogens is 306 g/mol. The van der Waals surface area contributed by atoms with Crippen molar-refractivity contribution in [1.29, 1.82) is 0 Å². The number of carbonyl (C=O) groups excluding carboxylic acids is 1. The molecule has 2 aromatic rings. The Kier molecular flexibility index (Phi) is 5.15. The van der Waals surface area contributed by atoms with Gasteiger partial charge in [0, 0.05) is 20.2 Å². The van der Waals surface area contributed by atoms with Crippen molar-refractivity contribution >= 4 is 5.91 Å². The molecule has 0 N–H and O–H groups in total. The van der Waals surface area contributed by atoms with Crippen LogP contribution in [0, 0.1) is 0 Å². The predicted molar refractivity (Wildman–Crippen MR) is 89.9 cm³/mol. The van der Waals surface area contributed by atoms with Crippen molar-refractivity contribution in [1.82, 2.24) is 14.7 Å². The molecule has 6 heteroatoms. The van der Waals surface area contributed by atoms with Gasteiger partial charge >= 0.3 is 0 Å². The molecule has 0 fully saturated rings. The van der Waals surface area contributed by atoms with Crippen LogP contribution in [-0.4, -0.2) is 47.5 Å². The van der Waals surface area contributed by atoms with Gasteiger partial charge in [0.25, 0.3) is 5.91 Å². The third-order valence-corrected chi connectivity index (χ3v) is 4.32. The van der Waals surface area contributed by atoms with Gasteiger partial charge in [0.2, 0.25) is 0 Å². The Hall–Kier alpha value is -2.34. The summed E-state index contributed by atoms with van der Waals surface area (Å²) in [5.41, 5.74) is 2.28. The highest BCUT2D eigenvalue weighted by Gasteiger charge is 2.33. The van der Waals surface area contributed by atoms with Gasteiger partial charge in [-0.3, -0.25) is 9.48 Å². The van der Waals surface area contributed by atoms with Crippen LogP contribution in [0.4, 0.5) is 0 Å². The highest BCUT2D eigenvalue weighted by atomic mass is 16.5. The van der Waals surface area contributed by atoms with E-state index in [1.54, 1.807) is 7.11 Å². The number of amides is 1. The molecule has 24 heavy (non-hydrogen) atoms. The Morgan fingerprint density at radius 3 is 2.83 bits per heavy atom. The molecule has 6 nitrogen and oxygen atoms in total. The van der Waals surface area contributed by atoms with Crippen LogP contribution in [-0.2, 0) is 22.5 Å². The van der Waals surface area contributed by atoms with Crippen LogP contribution in [0.5, 0.6) is 5.75 Å². The van der Waals surface area contributed by atoms with Crippen LogP contribution >= 0.6 is 0 Å². The van der Waals surface area contributed by atoms with E-state index >= 15 is 0 Å². The van der Waals surface area contributed by atoms with E-state index in [0.29, 0.717) is 18.9 Å². The minimum atomic E-state index is -0.118. The zero-order valence-electron chi connectivity index (χ0n) is 14.1. The standard InChI is InChI=1S/C18H23N3O3/c1-3-21-18-14(11-19-21)9-10-20(16(18)12-23-2)17(22)13-24-15-7-5-4-6-8-15/h4-8,11,16H,3,9-10,12-13H2,1-2H3/t16-/m0/s1. The SMILES string of the molecule is CCn1ncc2c1[C@H](COC)N(C(=O)COc1ccccc1)CC2. The number of aryl methyl sites for hydroxylation is 1. The largest absolute Gasteiger partial charge is 0.484 e. The van der Waals surface area contributed by atoms with Gasteiger partial charge in [-0.1, -0.05) is 18.2 Å². The van der Waals surface area contributed by atoms with Crippen molar-refractivity contribution in [3.05, 3.63) is 47.8 Å². The Morgan fingerprint density at radius 2 is 2.12 bits per heavy atom. The van der Waals surface area contributed by atoms with Crippen molar-refractivity contribution in [2.75, 3.05) is 26.9 Å². The third-order valence-electron chi connectivity index (χ3n) is 4.32. The Balaban J connectivity index is 1.75. The summed E-state index contributed by atoms with van der Waals surface area (Å²) in [6.45, 7) is 3.97. The van der Waals surface area contributed by atoms with Gasteiger partial charge in [0.05, 0.1) is 24.5 Å². The summed E-state index contributed by atoms with van der Waals surface area (Å²) in [6, 6.07) is 9.27. The van der Waals surface area contributed by atoms with Crippen LogP contribution in [0.1, 0.15) is 24.2 Å². The molecule has 128 valence electrons.